The van der Waals surface area contributed by atoms with Gasteiger partial charge in [-0.15, -0.1) is 0 Å². The summed E-state index contributed by atoms with van der Waals surface area (Å²) in [5, 5.41) is 11.2. The predicted molar refractivity (Wildman–Crippen MR) is 149 cm³/mol. The number of hydrogen-bond acceptors (Lipinski definition) is 7. The summed E-state index contributed by atoms with van der Waals surface area (Å²) in [6.45, 7) is 0. The quantitative estimate of drug-likeness (QED) is 0.254. The maximum Gasteiger partial charge on any atom is 0.239 e. The first kappa shape index (κ1) is 26.1. The summed E-state index contributed by atoms with van der Waals surface area (Å²) in [5.74, 6) is 0. The average Bonchev–Trinajstić information content (AvgIpc) is 3.36. The molecule has 10 heteroatoms. The van der Waals surface area contributed by atoms with Crippen LogP contribution in [-0.4, -0.2) is 48.6 Å². The van der Waals surface area contributed by atoms with Crippen LogP contribution in [0.5, 0.6) is 0 Å². The van der Waals surface area contributed by atoms with E-state index in [-0.39, 0.29) is 11.0 Å². The smallest absolute Gasteiger partial charge is 0.239 e. The van der Waals surface area contributed by atoms with Crippen molar-refractivity contribution in [3.8, 4) is 0 Å². The van der Waals surface area contributed by atoms with Gasteiger partial charge in [-0.1, -0.05) is 65.8 Å². The topological polar surface area (TPSA) is 115 Å². The normalized spacial score (nSPS) is 19.5. The van der Waals surface area contributed by atoms with Crippen LogP contribution < -0.4 is 5.73 Å². The fourth-order valence-corrected chi connectivity index (χ4v) is 8.92. The third-order valence-electron chi connectivity index (χ3n) is 6.13. The Morgan fingerprint density at radius 1 is 1.09 bits per heavy atom. The molecule has 2 unspecified atom stereocenters. The number of ether oxygens (including phenoxy) is 1. The molecule has 2 aromatic carbocycles. The molecule has 1 fully saturated rings. The van der Waals surface area contributed by atoms with Crippen LogP contribution in [-0.2, 0) is 21.0 Å². The Hall–Kier alpha value is -0.930. The van der Waals surface area contributed by atoms with Crippen molar-refractivity contribution in [3.05, 3.63) is 66.5 Å². The molecule has 0 amide bonds. The second-order valence-electron chi connectivity index (χ2n) is 8.56. The Morgan fingerprint density at radius 3 is 2.41 bits per heavy atom. The van der Waals surface area contributed by atoms with Crippen molar-refractivity contribution < 1.29 is 18.3 Å². The third-order valence-corrected chi connectivity index (χ3v) is 14.0. The van der Waals surface area contributed by atoms with Crippen LogP contribution >= 0.6 is 45.2 Å². The van der Waals surface area contributed by atoms with Gasteiger partial charge in [-0.25, -0.2) is 8.42 Å². The van der Waals surface area contributed by atoms with Crippen molar-refractivity contribution in [3.63, 3.8) is 0 Å². The molecule has 0 bridgehead atoms. The van der Waals surface area contributed by atoms with E-state index in [0.29, 0.717) is 17.5 Å². The predicted octanol–water partition coefficient (Wildman–Crippen LogP) is 4.19. The fraction of sp³-hybridized carbons (Fsp3) is 0.417. The number of nitrogens with two attached hydrogens (primary N) is 1. The highest BCUT2D eigenvalue weighted by molar-refractivity contribution is 14.1. The minimum absolute atomic E-state index is 0.0818. The molecule has 1 aromatic heterocycles. The monoisotopic (exact) mass is 707 g/mol. The van der Waals surface area contributed by atoms with Crippen LogP contribution in [0.2, 0.25) is 0 Å². The van der Waals surface area contributed by atoms with Gasteiger partial charge < -0.3 is 15.6 Å². The molecule has 7 nitrogen and oxygen atoms in total. The molecular weight excluding hydrogens is 680 g/mol. The number of fused-ring (bicyclic) bond motifs is 1. The molecule has 0 radical (unpaired) electrons. The lowest BCUT2D eigenvalue weighted by molar-refractivity contribution is 0.00237. The number of sulfone groups is 1. The average molecular weight is 707 g/mol. The molecule has 1 aliphatic carbocycles. The van der Waals surface area contributed by atoms with Gasteiger partial charge >= 0.3 is 0 Å². The lowest BCUT2D eigenvalue weighted by atomic mass is 10.0. The zero-order valence-electron chi connectivity index (χ0n) is 18.4. The number of hydrogen-bond donors (Lipinski definition) is 2. The highest BCUT2D eigenvalue weighted by atomic mass is 127. The second-order valence-corrected chi connectivity index (χ2v) is 14.3. The van der Waals surface area contributed by atoms with Crippen LogP contribution in [0, 0.1) is 0 Å². The van der Waals surface area contributed by atoms with Crippen LogP contribution in [0.4, 0.5) is 0 Å². The van der Waals surface area contributed by atoms with Gasteiger partial charge in [-0.3, -0.25) is 9.97 Å². The zero-order chi connectivity index (χ0) is 24.3. The van der Waals surface area contributed by atoms with Crippen molar-refractivity contribution in [1.29, 1.82) is 0 Å². The first-order valence-electron chi connectivity index (χ1n) is 11.2. The van der Waals surface area contributed by atoms with Crippen LogP contribution in [0.25, 0.3) is 11.0 Å². The highest BCUT2D eigenvalue weighted by Gasteiger charge is 2.54. The van der Waals surface area contributed by atoms with Gasteiger partial charge in [0.25, 0.3) is 0 Å². The summed E-state index contributed by atoms with van der Waals surface area (Å²) in [7, 11) is -4.06. The second kappa shape index (κ2) is 11.0. The van der Waals surface area contributed by atoms with Gasteiger partial charge in [-0.2, -0.15) is 0 Å². The van der Waals surface area contributed by atoms with Crippen LogP contribution in [0.3, 0.4) is 0 Å². The maximum atomic E-state index is 14.1. The van der Waals surface area contributed by atoms with Crippen molar-refractivity contribution >= 4 is 66.1 Å². The molecule has 3 N–H and O–H groups in total. The molecule has 0 aliphatic heterocycles. The first-order valence-corrected chi connectivity index (χ1v) is 15.0. The molecular formula is C24H27I2N3O4S. The van der Waals surface area contributed by atoms with Gasteiger partial charge in [0.1, 0.15) is 0 Å². The highest BCUT2D eigenvalue weighted by Crippen LogP contribution is 2.45. The van der Waals surface area contributed by atoms with E-state index in [2.05, 4.69) is 9.97 Å². The largest absolute Gasteiger partial charge is 0.390 e. The number of alkyl halides is 2. The van der Waals surface area contributed by atoms with Crippen molar-refractivity contribution in [1.82, 2.24) is 9.97 Å². The Balaban J connectivity index is 1.69. The van der Waals surface area contributed by atoms with Gasteiger partial charge in [-0.05, 0) is 65.6 Å². The van der Waals surface area contributed by atoms with E-state index >= 15 is 0 Å². The summed E-state index contributed by atoms with van der Waals surface area (Å²) in [6, 6.07) is 13.6. The van der Waals surface area contributed by atoms with Crippen molar-refractivity contribution in [2.45, 2.75) is 62.1 Å². The Kier molecular flexibility index (Phi) is 8.45. The lowest BCUT2D eigenvalue weighted by Crippen LogP contribution is -2.55. The maximum absolute atomic E-state index is 14.1. The minimum atomic E-state index is -4.06. The molecule has 4 atom stereocenters. The van der Waals surface area contributed by atoms with Gasteiger partial charge in [0.15, 0.2) is 0 Å². The van der Waals surface area contributed by atoms with E-state index < -0.39 is 28.8 Å². The standard InChI is InChI=1S/C24H27I2N3O4S/c25-23(22(30)19(27)14-16-6-2-1-3-7-16)24(26,33-17-8-4-5-9-17)34(31,32)18-10-11-20-21(15-18)29-13-12-28-20/h1-3,6-7,10-13,15,17,19,22-23,30H,4-5,8-9,14,27H2/t19-,22+,23?,24?/m0/s1. The number of nitrogens with zero attached hydrogens (tertiary/aromatic N) is 2. The number of aliphatic hydroxyl groups is 1. The van der Waals surface area contributed by atoms with E-state index in [4.69, 9.17) is 10.5 Å². The summed E-state index contributed by atoms with van der Waals surface area (Å²) < 4.78 is 32.0. The lowest BCUT2D eigenvalue weighted by Gasteiger charge is -2.38. The summed E-state index contributed by atoms with van der Waals surface area (Å²) >= 11 is 3.86. The third kappa shape index (κ3) is 5.41. The SMILES string of the molecule is N[C@@H](Cc1ccccc1)[C@@H](O)C(I)C(I)(OC1CCCC1)S(=O)(=O)c1ccc2nccnc2c1. The number of rotatable bonds is 9. The summed E-state index contributed by atoms with van der Waals surface area (Å²) in [4.78, 5) is 8.56. The van der Waals surface area contributed by atoms with E-state index in [1.807, 2.05) is 75.5 Å². The molecule has 34 heavy (non-hydrogen) atoms. The van der Waals surface area contributed by atoms with Crippen molar-refractivity contribution in [2.24, 2.45) is 5.73 Å². The molecule has 0 spiro atoms. The van der Waals surface area contributed by atoms with Gasteiger partial charge in [0.05, 0.1) is 32.1 Å². The molecule has 182 valence electrons. The first-order chi connectivity index (χ1) is 16.2. The molecule has 1 heterocycles. The van der Waals surface area contributed by atoms with Crippen molar-refractivity contribution in [2.75, 3.05) is 0 Å². The summed E-state index contributed by atoms with van der Waals surface area (Å²) in [5.41, 5.74) is 8.45. The molecule has 4 rings (SSSR count). The van der Waals surface area contributed by atoms with Crippen LogP contribution in [0.1, 0.15) is 31.2 Å². The van der Waals surface area contributed by atoms with E-state index in [9.17, 15) is 13.5 Å². The van der Waals surface area contributed by atoms with E-state index in [0.717, 1.165) is 31.2 Å². The van der Waals surface area contributed by atoms with Crippen LogP contribution in [0.15, 0.2) is 65.8 Å². The Morgan fingerprint density at radius 2 is 1.74 bits per heavy atom. The Bertz CT molecular complexity index is 1230. The number of halogens is 2. The zero-order valence-corrected chi connectivity index (χ0v) is 23.6. The fourth-order valence-electron chi connectivity index (χ4n) is 4.21. The van der Waals surface area contributed by atoms with Gasteiger partial charge in [0.2, 0.25) is 12.8 Å². The van der Waals surface area contributed by atoms with E-state index in [1.54, 1.807) is 12.3 Å². The van der Waals surface area contributed by atoms with Gasteiger partial charge in [0, 0.05) is 18.4 Å². The summed E-state index contributed by atoms with van der Waals surface area (Å²) in [6.07, 6.45) is 5.76. The minimum Gasteiger partial charge on any atom is -0.390 e. The molecule has 0 saturated heterocycles. The number of aromatic nitrogens is 2. The molecule has 3 aromatic rings. The molecule has 1 aliphatic rings. The number of benzene rings is 2. The molecule has 1 saturated carbocycles. The number of aliphatic hydroxyl groups excluding tert-OH is 1. The van der Waals surface area contributed by atoms with E-state index in [1.165, 1.54) is 18.3 Å². The Labute approximate surface area is 227 Å².